The molecule has 0 unspecified atom stereocenters. The van der Waals surface area contributed by atoms with E-state index >= 15 is 4.39 Å². The van der Waals surface area contributed by atoms with Gasteiger partial charge in [-0.1, -0.05) is 11.6 Å². The first kappa shape index (κ1) is 20.4. The molecule has 0 aliphatic heterocycles. The molecule has 0 radical (unpaired) electrons. The number of aliphatic carboxylic acids is 1. The van der Waals surface area contributed by atoms with Gasteiger partial charge in [0.2, 0.25) is 0 Å². The molecule has 2 bridgehead atoms. The van der Waals surface area contributed by atoms with Crippen LogP contribution in [-0.4, -0.2) is 35.6 Å². The molecule has 4 aliphatic rings. The van der Waals surface area contributed by atoms with Crippen molar-refractivity contribution in [3.8, 4) is 11.4 Å². The minimum atomic E-state index is -0.796. The van der Waals surface area contributed by atoms with Crippen molar-refractivity contribution in [2.75, 3.05) is 0 Å². The van der Waals surface area contributed by atoms with E-state index in [1.165, 1.54) is 6.20 Å². The van der Waals surface area contributed by atoms with E-state index in [1.54, 1.807) is 12.4 Å². The molecule has 174 valence electrons. The highest BCUT2D eigenvalue weighted by molar-refractivity contribution is 6.31. The standard InChI is InChI=1S/C25H23ClFN5O2/c26-14-7-15-16(9-29-22(15)28-8-14)23-30-20(12-3-4-12)19-17(27)10-32(24(19)31-23)21-13-5-1-11(2-6-13)18(21)25(33)34/h7-13,18,21H,1-6H2,(H,28,29)(H,33,34)/t11?,13?,18-,21-/m1/s1. The summed E-state index contributed by atoms with van der Waals surface area (Å²) < 4.78 is 17.3. The number of aromatic amines is 1. The number of hydrogen-bond donors (Lipinski definition) is 2. The van der Waals surface area contributed by atoms with Gasteiger partial charge in [-0.3, -0.25) is 4.79 Å². The van der Waals surface area contributed by atoms with Gasteiger partial charge in [-0.05, 0) is 56.4 Å². The highest BCUT2D eigenvalue weighted by Crippen LogP contribution is 2.53. The van der Waals surface area contributed by atoms with Crippen LogP contribution in [0.1, 0.15) is 56.2 Å². The molecule has 2 atom stereocenters. The summed E-state index contributed by atoms with van der Waals surface area (Å²) in [6.45, 7) is 0. The van der Waals surface area contributed by atoms with E-state index in [9.17, 15) is 9.90 Å². The third kappa shape index (κ3) is 2.94. The van der Waals surface area contributed by atoms with E-state index in [-0.39, 0.29) is 29.6 Å². The van der Waals surface area contributed by atoms with E-state index in [2.05, 4.69) is 9.97 Å². The number of aromatic nitrogens is 5. The number of halogens is 2. The van der Waals surface area contributed by atoms with E-state index in [0.717, 1.165) is 49.5 Å². The van der Waals surface area contributed by atoms with Crippen molar-refractivity contribution in [3.05, 3.63) is 41.2 Å². The number of H-pyrrole nitrogens is 1. The Kier molecular flexibility index (Phi) is 4.34. The number of carboxylic acid groups (broad SMARTS) is 1. The summed E-state index contributed by atoms with van der Waals surface area (Å²) in [4.78, 5) is 29.5. The van der Waals surface area contributed by atoms with Crippen LogP contribution in [-0.2, 0) is 4.79 Å². The lowest BCUT2D eigenvalue weighted by Crippen LogP contribution is -2.44. The van der Waals surface area contributed by atoms with Crippen molar-refractivity contribution in [1.29, 1.82) is 0 Å². The summed E-state index contributed by atoms with van der Waals surface area (Å²) in [6.07, 6.45) is 10.6. The van der Waals surface area contributed by atoms with Gasteiger partial charge in [0, 0.05) is 35.5 Å². The molecule has 8 rings (SSSR count). The highest BCUT2D eigenvalue weighted by Gasteiger charge is 2.49. The summed E-state index contributed by atoms with van der Waals surface area (Å²) in [5, 5.41) is 11.9. The molecule has 0 amide bonds. The van der Waals surface area contributed by atoms with Crippen molar-refractivity contribution in [2.45, 2.75) is 50.5 Å². The number of carbonyl (C=O) groups is 1. The number of fused-ring (bicyclic) bond motifs is 5. The van der Waals surface area contributed by atoms with Crippen LogP contribution < -0.4 is 0 Å². The van der Waals surface area contributed by atoms with Gasteiger partial charge in [0.05, 0.1) is 28.1 Å². The zero-order valence-electron chi connectivity index (χ0n) is 18.3. The van der Waals surface area contributed by atoms with Crippen molar-refractivity contribution >= 4 is 39.6 Å². The molecular weight excluding hydrogens is 457 g/mol. The third-order valence-corrected chi connectivity index (χ3v) is 8.34. The fraction of sp³-hybridized carbons (Fsp3) is 0.440. The molecular formula is C25H23ClFN5O2. The van der Waals surface area contributed by atoms with Gasteiger partial charge >= 0.3 is 5.97 Å². The number of carboxylic acids is 1. The van der Waals surface area contributed by atoms with Crippen molar-refractivity contribution in [2.24, 2.45) is 17.8 Å². The maximum Gasteiger partial charge on any atom is 0.308 e. The molecule has 0 aromatic carbocycles. The van der Waals surface area contributed by atoms with E-state index < -0.39 is 11.9 Å². The van der Waals surface area contributed by atoms with Crippen molar-refractivity contribution in [1.82, 2.24) is 24.5 Å². The lowest BCUT2D eigenvalue weighted by molar-refractivity contribution is -0.151. The normalized spacial score (nSPS) is 26.5. The predicted molar refractivity (Wildman–Crippen MR) is 125 cm³/mol. The maximum absolute atomic E-state index is 15.5. The van der Waals surface area contributed by atoms with Gasteiger partial charge in [-0.25, -0.2) is 19.3 Å². The Labute approximate surface area is 199 Å². The second-order valence-electron chi connectivity index (χ2n) is 10.1. The molecule has 2 N–H and O–H groups in total. The topological polar surface area (TPSA) is 96.7 Å². The molecule has 4 saturated carbocycles. The Balaban J connectivity index is 1.47. The Bertz CT molecular complexity index is 1470. The first-order valence-electron chi connectivity index (χ1n) is 11.9. The van der Waals surface area contributed by atoms with E-state index in [1.807, 2.05) is 10.6 Å². The van der Waals surface area contributed by atoms with Crippen molar-refractivity contribution in [3.63, 3.8) is 0 Å². The zero-order chi connectivity index (χ0) is 23.1. The van der Waals surface area contributed by atoms with Crippen LogP contribution in [0.4, 0.5) is 4.39 Å². The van der Waals surface area contributed by atoms with Crippen LogP contribution in [0.2, 0.25) is 5.02 Å². The summed E-state index contributed by atoms with van der Waals surface area (Å²) >= 11 is 6.21. The van der Waals surface area contributed by atoms with Crippen LogP contribution in [0.15, 0.2) is 24.7 Å². The van der Waals surface area contributed by atoms with Crippen molar-refractivity contribution < 1.29 is 14.3 Å². The summed E-state index contributed by atoms with van der Waals surface area (Å²) in [6, 6.07) is 1.52. The minimum Gasteiger partial charge on any atom is -0.481 e. The third-order valence-electron chi connectivity index (χ3n) is 8.14. The number of nitrogens with one attached hydrogen (secondary N) is 1. The molecule has 4 aliphatic carbocycles. The van der Waals surface area contributed by atoms with Gasteiger partial charge in [0.25, 0.3) is 0 Å². The average molecular weight is 480 g/mol. The van der Waals surface area contributed by atoms with Gasteiger partial charge in [0.1, 0.15) is 11.3 Å². The Hall–Kier alpha value is -3.00. The number of hydrogen-bond acceptors (Lipinski definition) is 4. The largest absolute Gasteiger partial charge is 0.481 e. The Morgan fingerprint density at radius 2 is 1.91 bits per heavy atom. The molecule has 9 heteroatoms. The Morgan fingerprint density at radius 1 is 1.15 bits per heavy atom. The van der Waals surface area contributed by atoms with Crippen LogP contribution in [0.25, 0.3) is 33.5 Å². The molecule has 0 spiro atoms. The molecule has 4 heterocycles. The summed E-state index contributed by atoms with van der Waals surface area (Å²) in [5.74, 6) is -0.676. The van der Waals surface area contributed by atoms with Gasteiger partial charge in [-0.2, -0.15) is 0 Å². The lowest BCUT2D eigenvalue weighted by atomic mass is 9.61. The monoisotopic (exact) mass is 479 g/mol. The Morgan fingerprint density at radius 3 is 2.65 bits per heavy atom. The molecule has 34 heavy (non-hydrogen) atoms. The number of pyridine rings is 1. The summed E-state index contributed by atoms with van der Waals surface area (Å²) in [7, 11) is 0. The smallest absolute Gasteiger partial charge is 0.308 e. The molecule has 4 aromatic heterocycles. The minimum absolute atomic E-state index is 0.124. The lowest BCUT2D eigenvalue weighted by Gasteiger charge is -2.47. The fourth-order valence-corrected chi connectivity index (χ4v) is 6.62. The number of rotatable bonds is 4. The molecule has 4 fully saturated rings. The maximum atomic E-state index is 15.5. The second kappa shape index (κ2) is 7.25. The highest BCUT2D eigenvalue weighted by atomic mass is 35.5. The molecule has 7 nitrogen and oxygen atoms in total. The van der Waals surface area contributed by atoms with Gasteiger partial charge < -0.3 is 14.7 Å². The quantitative estimate of drug-likeness (QED) is 0.391. The average Bonchev–Trinajstić information content (AvgIpc) is 3.53. The van der Waals surface area contributed by atoms with E-state index in [0.29, 0.717) is 33.2 Å². The fourth-order valence-electron chi connectivity index (χ4n) is 6.46. The van der Waals surface area contributed by atoms with Crippen LogP contribution in [0, 0.1) is 23.6 Å². The van der Waals surface area contributed by atoms with Gasteiger partial charge in [0.15, 0.2) is 11.6 Å². The van der Waals surface area contributed by atoms with Crippen LogP contribution >= 0.6 is 11.6 Å². The first-order chi connectivity index (χ1) is 16.5. The zero-order valence-corrected chi connectivity index (χ0v) is 19.1. The summed E-state index contributed by atoms with van der Waals surface area (Å²) in [5.41, 5.74) is 2.64. The van der Waals surface area contributed by atoms with Crippen LogP contribution in [0.5, 0.6) is 0 Å². The second-order valence-corrected chi connectivity index (χ2v) is 10.5. The van der Waals surface area contributed by atoms with Crippen LogP contribution in [0.3, 0.4) is 0 Å². The number of nitrogens with zero attached hydrogens (tertiary/aromatic N) is 4. The van der Waals surface area contributed by atoms with E-state index in [4.69, 9.17) is 21.6 Å². The molecule has 0 saturated heterocycles. The predicted octanol–water partition coefficient (Wildman–Crippen LogP) is 5.71. The van der Waals surface area contributed by atoms with Gasteiger partial charge in [-0.15, -0.1) is 0 Å². The SMILES string of the molecule is O=C(O)[C@@H]1C2CCC(CC2)[C@H]1n1cc(F)c2c(C3CC3)nc(-c3c[nH]c4ncc(Cl)cc34)nc21. The molecule has 4 aromatic rings. The first-order valence-corrected chi connectivity index (χ1v) is 12.3.